The number of rotatable bonds is 10. The van der Waals surface area contributed by atoms with Crippen LogP contribution in [0.25, 0.3) is 0 Å². The maximum absolute atomic E-state index is 12.3. The molecule has 198 valence electrons. The van der Waals surface area contributed by atoms with Gasteiger partial charge in [-0.25, -0.2) is 4.79 Å². The zero-order valence-corrected chi connectivity index (χ0v) is 21.3. The van der Waals surface area contributed by atoms with E-state index in [0.29, 0.717) is 6.42 Å². The predicted octanol–water partition coefficient (Wildman–Crippen LogP) is 2.07. The van der Waals surface area contributed by atoms with Gasteiger partial charge in [-0.15, -0.1) is 5.10 Å². The fourth-order valence-electron chi connectivity index (χ4n) is 3.96. The summed E-state index contributed by atoms with van der Waals surface area (Å²) in [5, 5.41) is 35.7. The second-order valence-corrected chi connectivity index (χ2v) is 9.33. The lowest BCUT2D eigenvalue weighted by molar-refractivity contribution is -0.273. The van der Waals surface area contributed by atoms with Crippen molar-refractivity contribution < 1.29 is 39.1 Å². The van der Waals surface area contributed by atoms with Crippen molar-refractivity contribution in [1.82, 2.24) is 9.78 Å². The number of aromatic nitrogens is 2. The Morgan fingerprint density at radius 3 is 2.39 bits per heavy atom. The summed E-state index contributed by atoms with van der Waals surface area (Å²) in [4.78, 5) is 12.3. The lowest BCUT2D eigenvalue weighted by atomic mass is 9.99. The van der Waals surface area contributed by atoms with Gasteiger partial charge in [0.2, 0.25) is 12.2 Å². The fraction of sp³-hybridized carbons (Fsp3) is 0.538. The van der Waals surface area contributed by atoms with Crippen LogP contribution >= 0.6 is 0 Å². The van der Waals surface area contributed by atoms with Crippen molar-refractivity contribution in [3.05, 3.63) is 53.7 Å². The zero-order chi connectivity index (χ0) is 26.6. The molecule has 0 amide bonds. The van der Waals surface area contributed by atoms with E-state index in [0.717, 1.165) is 22.6 Å². The van der Waals surface area contributed by atoms with Crippen LogP contribution in [-0.4, -0.2) is 74.5 Å². The smallest absolute Gasteiger partial charge is 0.338 e. The van der Waals surface area contributed by atoms with Crippen LogP contribution in [0.3, 0.4) is 0 Å². The molecule has 0 bridgehead atoms. The van der Waals surface area contributed by atoms with E-state index in [1.54, 1.807) is 4.68 Å². The van der Waals surface area contributed by atoms with Gasteiger partial charge in [0.1, 0.15) is 30.7 Å². The summed E-state index contributed by atoms with van der Waals surface area (Å²) < 4.78 is 23.9. The number of esters is 1. The molecule has 10 nitrogen and oxygen atoms in total. The maximum atomic E-state index is 12.3. The van der Waals surface area contributed by atoms with Crippen molar-refractivity contribution in [2.45, 2.75) is 83.9 Å². The van der Waals surface area contributed by atoms with Crippen molar-refractivity contribution in [2.75, 3.05) is 6.61 Å². The molecule has 1 saturated heterocycles. The summed E-state index contributed by atoms with van der Waals surface area (Å²) in [6, 6.07) is 7.71. The summed E-state index contributed by atoms with van der Waals surface area (Å²) in [6.07, 6.45) is -6.16. The van der Waals surface area contributed by atoms with E-state index >= 15 is 0 Å². The SMILES string of the molecule is C=CCOC(=O)[C@H]1O[C@@H](Oc2nn(C(C)C)c(C)c2Cc2ccc(OC(C)C)cc2)[C@H](O)[C@@H](O)[C@@H]1O. The first-order valence-electron chi connectivity index (χ1n) is 12.0. The van der Waals surface area contributed by atoms with Crippen LogP contribution < -0.4 is 9.47 Å². The highest BCUT2D eigenvalue weighted by molar-refractivity contribution is 5.75. The van der Waals surface area contributed by atoms with Crippen molar-refractivity contribution in [3.63, 3.8) is 0 Å². The van der Waals surface area contributed by atoms with Gasteiger partial charge in [0.05, 0.1) is 6.10 Å². The second-order valence-electron chi connectivity index (χ2n) is 9.33. The number of hydrogen-bond donors (Lipinski definition) is 3. The Bertz CT molecular complexity index is 1030. The molecule has 2 heterocycles. The highest BCUT2D eigenvalue weighted by Gasteiger charge is 2.49. The normalized spacial score (nSPS) is 24.1. The number of benzene rings is 1. The Hall–Kier alpha value is -2.92. The van der Waals surface area contributed by atoms with Gasteiger partial charge in [-0.05, 0) is 52.3 Å². The minimum absolute atomic E-state index is 0.0224. The molecule has 1 aromatic heterocycles. The lowest BCUT2D eigenvalue weighted by Crippen LogP contribution is -2.61. The number of nitrogens with zero attached hydrogens (tertiary/aromatic N) is 2. The lowest BCUT2D eigenvalue weighted by Gasteiger charge is -2.38. The predicted molar refractivity (Wildman–Crippen MR) is 131 cm³/mol. The molecule has 1 aliphatic heterocycles. The van der Waals surface area contributed by atoms with E-state index in [2.05, 4.69) is 11.7 Å². The van der Waals surface area contributed by atoms with Gasteiger partial charge < -0.3 is 34.3 Å². The summed E-state index contributed by atoms with van der Waals surface area (Å²) in [5.41, 5.74) is 2.59. The van der Waals surface area contributed by atoms with Gasteiger partial charge in [0, 0.05) is 23.7 Å². The number of carbonyl (C=O) groups excluding carboxylic acids is 1. The van der Waals surface area contributed by atoms with Crippen LogP contribution in [-0.2, 0) is 20.7 Å². The molecule has 0 unspecified atom stereocenters. The summed E-state index contributed by atoms with van der Waals surface area (Å²) >= 11 is 0. The van der Waals surface area contributed by atoms with E-state index in [-0.39, 0.29) is 24.6 Å². The van der Waals surface area contributed by atoms with Gasteiger partial charge in [-0.3, -0.25) is 4.68 Å². The molecule has 5 atom stereocenters. The van der Waals surface area contributed by atoms with Crippen molar-refractivity contribution in [2.24, 2.45) is 0 Å². The number of aliphatic hydroxyl groups is 3. The van der Waals surface area contributed by atoms with Crippen molar-refractivity contribution in [1.29, 1.82) is 0 Å². The van der Waals surface area contributed by atoms with Crippen LogP contribution in [0.5, 0.6) is 11.6 Å². The molecule has 0 saturated carbocycles. The average molecular weight is 505 g/mol. The zero-order valence-electron chi connectivity index (χ0n) is 21.3. The molecule has 10 heteroatoms. The maximum Gasteiger partial charge on any atom is 0.338 e. The van der Waals surface area contributed by atoms with E-state index < -0.39 is 36.7 Å². The average Bonchev–Trinajstić information content (AvgIpc) is 3.13. The van der Waals surface area contributed by atoms with Crippen LogP contribution in [0.1, 0.15) is 50.6 Å². The van der Waals surface area contributed by atoms with E-state index in [4.69, 9.17) is 18.9 Å². The molecular weight excluding hydrogens is 468 g/mol. The molecule has 1 aliphatic rings. The second kappa shape index (κ2) is 11.9. The number of ether oxygens (including phenoxy) is 4. The molecule has 0 spiro atoms. The Balaban J connectivity index is 1.87. The molecule has 36 heavy (non-hydrogen) atoms. The van der Waals surface area contributed by atoms with Gasteiger partial charge in [0.15, 0.2) is 6.10 Å². The van der Waals surface area contributed by atoms with Gasteiger partial charge >= 0.3 is 5.97 Å². The standard InChI is InChI=1S/C26H36N2O8/c1-7-12-33-25(32)23-21(30)20(29)22(31)26(35-23)36-24-19(16(6)28(27-24)14(2)3)13-17-8-10-18(11-9-17)34-15(4)5/h7-11,14-15,20-23,26,29-31H,1,12-13H2,2-6H3/t20-,21-,22+,23-,26-/m0/s1. The van der Waals surface area contributed by atoms with E-state index in [9.17, 15) is 20.1 Å². The topological polar surface area (TPSA) is 132 Å². The molecule has 3 rings (SSSR count). The van der Waals surface area contributed by atoms with Gasteiger partial charge in [-0.1, -0.05) is 24.8 Å². The monoisotopic (exact) mass is 504 g/mol. The van der Waals surface area contributed by atoms with E-state index in [1.807, 2.05) is 58.9 Å². The first-order chi connectivity index (χ1) is 17.0. The minimum atomic E-state index is -1.70. The third-order valence-corrected chi connectivity index (χ3v) is 5.78. The Morgan fingerprint density at radius 2 is 1.81 bits per heavy atom. The van der Waals surface area contributed by atoms with Gasteiger partial charge in [0.25, 0.3) is 0 Å². The van der Waals surface area contributed by atoms with Crippen molar-refractivity contribution in [3.8, 4) is 11.6 Å². The molecule has 1 aromatic carbocycles. The first-order valence-corrected chi connectivity index (χ1v) is 12.0. The number of carbonyl (C=O) groups is 1. The summed E-state index contributed by atoms with van der Waals surface area (Å²) in [5.74, 6) is 0.0461. The number of hydrogen-bond acceptors (Lipinski definition) is 9. The van der Waals surface area contributed by atoms with E-state index in [1.165, 1.54) is 6.08 Å². The fourth-order valence-corrected chi connectivity index (χ4v) is 3.96. The molecule has 3 N–H and O–H groups in total. The molecule has 2 aromatic rings. The van der Waals surface area contributed by atoms with Gasteiger partial charge in [-0.2, -0.15) is 0 Å². The number of aliphatic hydroxyl groups excluding tert-OH is 3. The Labute approximate surface area is 211 Å². The Kier molecular flexibility index (Phi) is 9.13. The minimum Gasteiger partial charge on any atom is -0.491 e. The molecule has 0 radical (unpaired) electrons. The highest BCUT2D eigenvalue weighted by Crippen LogP contribution is 2.31. The van der Waals surface area contributed by atoms with Crippen LogP contribution in [0.15, 0.2) is 36.9 Å². The van der Waals surface area contributed by atoms with Crippen molar-refractivity contribution >= 4 is 5.97 Å². The molecular formula is C26H36N2O8. The van der Waals surface area contributed by atoms with Crippen LogP contribution in [0, 0.1) is 6.92 Å². The highest BCUT2D eigenvalue weighted by atomic mass is 16.7. The summed E-state index contributed by atoms with van der Waals surface area (Å²) in [6.45, 7) is 13.2. The van der Waals surface area contributed by atoms with Crippen LogP contribution in [0.2, 0.25) is 0 Å². The molecule has 1 fully saturated rings. The quantitative estimate of drug-likeness (QED) is 0.328. The Morgan fingerprint density at radius 1 is 1.14 bits per heavy atom. The summed E-state index contributed by atoms with van der Waals surface area (Å²) in [7, 11) is 0. The third kappa shape index (κ3) is 6.25. The first kappa shape index (κ1) is 27.7. The molecule has 0 aliphatic carbocycles. The largest absolute Gasteiger partial charge is 0.491 e. The van der Waals surface area contributed by atoms with Crippen LogP contribution in [0.4, 0.5) is 0 Å². The third-order valence-electron chi connectivity index (χ3n) is 5.78.